The summed E-state index contributed by atoms with van der Waals surface area (Å²) in [6.45, 7) is 0.651. The predicted octanol–water partition coefficient (Wildman–Crippen LogP) is 1.69. The maximum Gasteiger partial charge on any atom is 0.335 e. The fourth-order valence-corrected chi connectivity index (χ4v) is 2.39. The van der Waals surface area contributed by atoms with Crippen LogP contribution in [0.1, 0.15) is 40.7 Å². The molecule has 0 bridgehead atoms. The van der Waals surface area contributed by atoms with E-state index in [1.165, 1.54) is 12.1 Å². The Hall–Kier alpha value is -2.72. The van der Waals surface area contributed by atoms with Gasteiger partial charge in [-0.3, -0.25) is 0 Å². The molecule has 2 aromatic rings. The number of carboxylic acid groups (broad SMARTS) is 1. The van der Waals surface area contributed by atoms with Gasteiger partial charge in [-0.2, -0.15) is 5.26 Å². The van der Waals surface area contributed by atoms with Crippen LogP contribution >= 0.6 is 0 Å². The van der Waals surface area contributed by atoms with E-state index >= 15 is 0 Å². The second kappa shape index (κ2) is 5.34. The number of hydrogen-bond acceptors (Lipinski definition) is 5. The molecule has 3 rings (SSSR count). The molecule has 7 heteroatoms. The molecule has 21 heavy (non-hydrogen) atoms. The van der Waals surface area contributed by atoms with Crippen molar-refractivity contribution in [1.82, 2.24) is 15.0 Å². The molecule has 2 heterocycles. The first-order valence-electron chi connectivity index (χ1n) is 6.51. The zero-order valence-corrected chi connectivity index (χ0v) is 11.1. The van der Waals surface area contributed by atoms with Crippen molar-refractivity contribution in [3.05, 3.63) is 41.2 Å². The fourth-order valence-electron chi connectivity index (χ4n) is 2.39. The SMILES string of the molecule is N#Cc1nnn(-c2ccc(C(=O)O)cc2)c1C1CCCO1. The monoisotopic (exact) mass is 284 g/mol. The minimum absolute atomic E-state index is 0.193. The van der Waals surface area contributed by atoms with Crippen LogP contribution < -0.4 is 0 Å². The summed E-state index contributed by atoms with van der Waals surface area (Å²) in [7, 11) is 0. The summed E-state index contributed by atoms with van der Waals surface area (Å²) in [6.07, 6.45) is 1.54. The third-order valence-corrected chi connectivity index (χ3v) is 3.40. The van der Waals surface area contributed by atoms with Crippen LogP contribution in [-0.2, 0) is 4.74 Å². The summed E-state index contributed by atoms with van der Waals surface area (Å²) >= 11 is 0. The summed E-state index contributed by atoms with van der Waals surface area (Å²) in [4.78, 5) is 10.9. The zero-order chi connectivity index (χ0) is 14.8. The van der Waals surface area contributed by atoms with Crippen molar-refractivity contribution in [3.63, 3.8) is 0 Å². The average Bonchev–Trinajstić information content (AvgIpc) is 3.15. The molecule has 1 fully saturated rings. The van der Waals surface area contributed by atoms with Crippen molar-refractivity contribution >= 4 is 5.97 Å². The van der Waals surface area contributed by atoms with E-state index in [-0.39, 0.29) is 17.4 Å². The molecule has 0 saturated carbocycles. The normalized spacial score (nSPS) is 17.6. The Labute approximate surface area is 120 Å². The molecule has 1 aromatic carbocycles. The maximum absolute atomic E-state index is 10.9. The summed E-state index contributed by atoms with van der Waals surface area (Å²) < 4.78 is 7.16. The van der Waals surface area contributed by atoms with Crippen LogP contribution in [0.2, 0.25) is 0 Å². The van der Waals surface area contributed by atoms with Crippen molar-refractivity contribution < 1.29 is 14.6 Å². The summed E-state index contributed by atoms with van der Waals surface area (Å²) in [6, 6.07) is 8.28. The highest BCUT2D eigenvalue weighted by Crippen LogP contribution is 2.31. The van der Waals surface area contributed by atoms with Crippen molar-refractivity contribution in [2.45, 2.75) is 18.9 Å². The Bertz CT molecular complexity index is 709. The Morgan fingerprint density at radius 3 is 2.76 bits per heavy atom. The van der Waals surface area contributed by atoms with Gasteiger partial charge in [-0.25, -0.2) is 9.48 Å². The van der Waals surface area contributed by atoms with Crippen LogP contribution in [0.5, 0.6) is 0 Å². The average molecular weight is 284 g/mol. The van der Waals surface area contributed by atoms with E-state index in [0.29, 0.717) is 18.0 Å². The van der Waals surface area contributed by atoms with Gasteiger partial charge in [0.2, 0.25) is 0 Å². The number of aromatic nitrogens is 3. The van der Waals surface area contributed by atoms with Gasteiger partial charge < -0.3 is 9.84 Å². The summed E-state index contributed by atoms with van der Waals surface area (Å²) in [5.74, 6) is -0.989. The van der Waals surface area contributed by atoms with Gasteiger partial charge in [0.1, 0.15) is 17.9 Å². The molecular weight excluding hydrogens is 272 g/mol. The van der Waals surface area contributed by atoms with Crippen LogP contribution in [0, 0.1) is 11.3 Å². The van der Waals surface area contributed by atoms with Gasteiger partial charge in [0.15, 0.2) is 5.69 Å². The molecule has 1 saturated heterocycles. The molecule has 1 aliphatic heterocycles. The van der Waals surface area contributed by atoms with E-state index < -0.39 is 5.97 Å². The van der Waals surface area contributed by atoms with Crippen LogP contribution in [0.4, 0.5) is 0 Å². The van der Waals surface area contributed by atoms with E-state index in [9.17, 15) is 4.79 Å². The number of benzene rings is 1. The van der Waals surface area contributed by atoms with E-state index in [0.717, 1.165) is 12.8 Å². The quantitative estimate of drug-likeness (QED) is 0.920. The molecule has 0 spiro atoms. The fraction of sp³-hybridized carbons (Fsp3) is 0.286. The lowest BCUT2D eigenvalue weighted by molar-refractivity contribution is 0.0697. The number of carbonyl (C=O) groups is 1. The van der Waals surface area contributed by atoms with Crippen molar-refractivity contribution in [2.24, 2.45) is 0 Å². The molecule has 1 unspecified atom stereocenters. The van der Waals surface area contributed by atoms with Crippen molar-refractivity contribution in [2.75, 3.05) is 6.61 Å². The highest BCUT2D eigenvalue weighted by molar-refractivity contribution is 5.87. The first-order chi connectivity index (χ1) is 10.2. The summed E-state index contributed by atoms with van der Waals surface area (Å²) in [5, 5.41) is 25.9. The van der Waals surface area contributed by atoms with E-state index in [1.54, 1.807) is 16.8 Å². The first kappa shape index (κ1) is 13.3. The molecule has 0 aliphatic carbocycles. The topological polar surface area (TPSA) is 101 Å². The van der Waals surface area contributed by atoms with Gasteiger partial charge in [-0.15, -0.1) is 5.10 Å². The largest absolute Gasteiger partial charge is 0.478 e. The Morgan fingerprint density at radius 2 is 2.19 bits per heavy atom. The lowest BCUT2D eigenvalue weighted by Crippen LogP contribution is -2.08. The molecule has 0 amide bonds. The van der Waals surface area contributed by atoms with E-state index in [1.807, 2.05) is 6.07 Å². The Balaban J connectivity index is 2.04. The maximum atomic E-state index is 10.9. The minimum atomic E-state index is -0.989. The molecule has 1 N–H and O–H groups in total. The van der Waals surface area contributed by atoms with E-state index in [2.05, 4.69) is 10.3 Å². The standard InChI is InChI=1S/C14H12N4O3/c15-8-11-13(12-2-1-7-21-12)18(17-16-11)10-5-3-9(4-6-10)14(19)20/h3-6,12H,1-2,7H2,(H,19,20). The number of rotatable bonds is 3. The predicted molar refractivity (Wildman–Crippen MR) is 71.0 cm³/mol. The second-order valence-electron chi connectivity index (χ2n) is 4.70. The number of ether oxygens (including phenoxy) is 1. The van der Waals surface area contributed by atoms with Gasteiger partial charge in [-0.05, 0) is 37.1 Å². The number of hydrogen-bond donors (Lipinski definition) is 1. The summed E-state index contributed by atoms with van der Waals surface area (Å²) in [5.41, 5.74) is 1.71. The van der Waals surface area contributed by atoms with Crippen LogP contribution in [0.3, 0.4) is 0 Å². The van der Waals surface area contributed by atoms with Crippen LogP contribution in [0.15, 0.2) is 24.3 Å². The zero-order valence-electron chi connectivity index (χ0n) is 11.1. The Kier molecular flexibility index (Phi) is 3.38. The first-order valence-corrected chi connectivity index (χ1v) is 6.51. The molecule has 1 atom stereocenters. The lowest BCUT2D eigenvalue weighted by Gasteiger charge is -2.12. The number of aromatic carboxylic acids is 1. The molecule has 106 valence electrons. The molecule has 1 aliphatic rings. The third kappa shape index (κ3) is 2.37. The van der Waals surface area contributed by atoms with E-state index in [4.69, 9.17) is 15.1 Å². The van der Waals surface area contributed by atoms with Crippen molar-refractivity contribution in [1.29, 1.82) is 5.26 Å². The Morgan fingerprint density at radius 1 is 1.43 bits per heavy atom. The molecule has 1 aromatic heterocycles. The smallest absolute Gasteiger partial charge is 0.335 e. The van der Waals surface area contributed by atoms with Gasteiger partial charge in [0, 0.05) is 6.61 Å². The number of nitriles is 1. The van der Waals surface area contributed by atoms with Crippen molar-refractivity contribution in [3.8, 4) is 11.8 Å². The third-order valence-electron chi connectivity index (χ3n) is 3.40. The van der Waals surface area contributed by atoms with Crippen LogP contribution in [-0.4, -0.2) is 32.7 Å². The highest BCUT2D eigenvalue weighted by Gasteiger charge is 2.27. The number of nitrogens with zero attached hydrogens (tertiary/aromatic N) is 4. The van der Waals surface area contributed by atoms with Gasteiger partial charge in [0.05, 0.1) is 11.3 Å². The highest BCUT2D eigenvalue weighted by atomic mass is 16.5. The van der Waals surface area contributed by atoms with Gasteiger partial charge in [0.25, 0.3) is 0 Å². The van der Waals surface area contributed by atoms with Gasteiger partial charge in [-0.1, -0.05) is 5.21 Å². The molecule has 7 nitrogen and oxygen atoms in total. The molecular formula is C14H12N4O3. The molecule has 0 radical (unpaired) electrons. The lowest BCUT2D eigenvalue weighted by atomic mass is 10.1. The van der Waals surface area contributed by atoms with Gasteiger partial charge >= 0.3 is 5.97 Å². The second-order valence-corrected chi connectivity index (χ2v) is 4.70. The van der Waals surface area contributed by atoms with Crippen LogP contribution in [0.25, 0.3) is 5.69 Å². The minimum Gasteiger partial charge on any atom is -0.478 e. The number of carboxylic acids is 1.